The van der Waals surface area contributed by atoms with E-state index in [0.29, 0.717) is 6.61 Å². The molecule has 0 atom stereocenters. The molecule has 0 heterocycles. The van der Waals surface area contributed by atoms with Gasteiger partial charge in [-0.15, -0.1) is 0 Å². The number of nitrogens with one attached hydrogen (secondary N) is 1. The van der Waals surface area contributed by atoms with Gasteiger partial charge in [0.05, 0.1) is 17.9 Å². The first-order chi connectivity index (χ1) is 8.88. The molecule has 0 amide bonds. The lowest BCUT2D eigenvalue weighted by atomic mass is 10.2. The van der Waals surface area contributed by atoms with Crippen molar-refractivity contribution in [3.8, 4) is 0 Å². The SMILES string of the molecule is CCOCCNS(=O)(=O)c1ccc(C(=O)O)cc1N. The van der Waals surface area contributed by atoms with Gasteiger partial charge in [-0.3, -0.25) is 0 Å². The molecule has 0 radical (unpaired) electrons. The normalized spacial score (nSPS) is 11.4. The van der Waals surface area contributed by atoms with Gasteiger partial charge < -0.3 is 15.6 Å². The molecule has 0 aliphatic carbocycles. The molecule has 1 aromatic rings. The molecular formula is C11H16N2O5S. The van der Waals surface area contributed by atoms with Crippen molar-refractivity contribution in [2.45, 2.75) is 11.8 Å². The Hall–Kier alpha value is -1.64. The maximum Gasteiger partial charge on any atom is 0.335 e. The first kappa shape index (κ1) is 15.4. The van der Waals surface area contributed by atoms with E-state index in [9.17, 15) is 13.2 Å². The number of carbonyl (C=O) groups is 1. The number of carboxylic acid groups (broad SMARTS) is 1. The number of anilines is 1. The van der Waals surface area contributed by atoms with Crippen molar-refractivity contribution in [3.05, 3.63) is 23.8 Å². The molecule has 0 saturated heterocycles. The second kappa shape index (κ2) is 6.50. The smallest absolute Gasteiger partial charge is 0.335 e. The summed E-state index contributed by atoms with van der Waals surface area (Å²) in [5.74, 6) is -1.17. The van der Waals surface area contributed by atoms with Crippen molar-refractivity contribution < 1.29 is 23.1 Å². The summed E-state index contributed by atoms with van der Waals surface area (Å²) in [6.45, 7) is 2.67. The summed E-state index contributed by atoms with van der Waals surface area (Å²) in [6.07, 6.45) is 0. The zero-order chi connectivity index (χ0) is 14.5. The van der Waals surface area contributed by atoms with Crippen molar-refractivity contribution in [2.24, 2.45) is 0 Å². The van der Waals surface area contributed by atoms with Gasteiger partial charge in [0, 0.05) is 13.2 Å². The van der Waals surface area contributed by atoms with Gasteiger partial charge in [-0.05, 0) is 25.1 Å². The Bertz CT molecular complexity index is 556. The van der Waals surface area contributed by atoms with E-state index in [1.807, 2.05) is 0 Å². The Morgan fingerprint density at radius 1 is 1.47 bits per heavy atom. The lowest BCUT2D eigenvalue weighted by Gasteiger charge is -2.09. The molecule has 7 nitrogen and oxygen atoms in total. The van der Waals surface area contributed by atoms with E-state index >= 15 is 0 Å². The third-order valence-electron chi connectivity index (χ3n) is 2.29. The number of ether oxygens (including phenoxy) is 1. The Morgan fingerprint density at radius 3 is 2.68 bits per heavy atom. The van der Waals surface area contributed by atoms with Gasteiger partial charge in [0.1, 0.15) is 4.90 Å². The minimum atomic E-state index is -3.76. The molecule has 1 rings (SSSR count). The van der Waals surface area contributed by atoms with Crippen molar-refractivity contribution >= 4 is 21.7 Å². The summed E-state index contributed by atoms with van der Waals surface area (Å²) in [6, 6.07) is 3.47. The van der Waals surface area contributed by atoms with Crippen LogP contribution in [-0.4, -0.2) is 39.3 Å². The van der Waals surface area contributed by atoms with E-state index in [1.54, 1.807) is 6.92 Å². The summed E-state index contributed by atoms with van der Waals surface area (Å²) in [5, 5.41) is 8.77. The molecule has 0 bridgehead atoms. The number of nitrogens with two attached hydrogens (primary N) is 1. The predicted molar refractivity (Wildman–Crippen MR) is 69.5 cm³/mol. The van der Waals surface area contributed by atoms with Crippen LogP contribution in [0.15, 0.2) is 23.1 Å². The number of hydrogen-bond donors (Lipinski definition) is 3. The van der Waals surface area contributed by atoms with E-state index in [1.165, 1.54) is 12.1 Å². The van der Waals surface area contributed by atoms with Crippen LogP contribution in [0.25, 0.3) is 0 Å². The first-order valence-corrected chi connectivity index (χ1v) is 7.07. The van der Waals surface area contributed by atoms with Crippen LogP contribution in [0.1, 0.15) is 17.3 Å². The molecule has 0 aliphatic heterocycles. The van der Waals surface area contributed by atoms with Crippen LogP contribution in [-0.2, 0) is 14.8 Å². The van der Waals surface area contributed by atoms with E-state index < -0.39 is 16.0 Å². The third kappa shape index (κ3) is 4.19. The minimum Gasteiger partial charge on any atom is -0.478 e. The van der Waals surface area contributed by atoms with E-state index in [2.05, 4.69) is 4.72 Å². The van der Waals surface area contributed by atoms with Gasteiger partial charge in [0.2, 0.25) is 10.0 Å². The van der Waals surface area contributed by atoms with Gasteiger partial charge in [0.25, 0.3) is 0 Å². The van der Waals surface area contributed by atoms with Crippen molar-refractivity contribution in [1.29, 1.82) is 0 Å². The van der Waals surface area contributed by atoms with Crippen molar-refractivity contribution in [2.75, 3.05) is 25.5 Å². The summed E-state index contributed by atoms with van der Waals surface area (Å²) in [7, 11) is -3.76. The average molecular weight is 288 g/mol. The number of benzene rings is 1. The van der Waals surface area contributed by atoms with Crippen LogP contribution in [0.5, 0.6) is 0 Å². The third-order valence-corrected chi connectivity index (χ3v) is 3.82. The Morgan fingerprint density at radius 2 is 2.16 bits per heavy atom. The number of aromatic carboxylic acids is 1. The highest BCUT2D eigenvalue weighted by atomic mass is 32.2. The van der Waals surface area contributed by atoms with Gasteiger partial charge in [-0.1, -0.05) is 0 Å². The second-order valence-electron chi connectivity index (χ2n) is 3.65. The van der Waals surface area contributed by atoms with Crippen LogP contribution < -0.4 is 10.5 Å². The number of nitrogen functional groups attached to an aromatic ring is 1. The van der Waals surface area contributed by atoms with E-state index in [0.717, 1.165) is 6.07 Å². The van der Waals surface area contributed by atoms with Crippen LogP contribution in [0.4, 0.5) is 5.69 Å². The summed E-state index contributed by atoms with van der Waals surface area (Å²) in [4.78, 5) is 10.6. The molecule has 1 aromatic carbocycles. The summed E-state index contributed by atoms with van der Waals surface area (Å²) in [5.41, 5.74) is 5.39. The monoisotopic (exact) mass is 288 g/mol. The Labute approximate surface area is 111 Å². The minimum absolute atomic E-state index is 0.0641. The predicted octanol–water partition coefficient (Wildman–Crippen LogP) is 0.282. The fourth-order valence-corrected chi connectivity index (χ4v) is 2.52. The maximum absolute atomic E-state index is 11.9. The van der Waals surface area contributed by atoms with E-state index in [-0.39, 0.29) is 29.3 Å². The lowest BCUT2D eigenvalue weighted by molar-refractivity contribution is 0.0697. The average Bonchev–Trinajstić information content (AvgIpc) is 2.34. The molecule has 0 saturated carbocycles. The Kier molecular flexibility index (Phi) is 5.28. The highest BCUT2D eigenvalue weighted by Gasteiger charge is 2.18. The number of rotatable bonds is 7. The topological polar surface area (TPSA) is 119 Å². The standard InChI is InChI=1S/C11H16N2O5S/c1-2-18-6-5-13-19(16,17)10-4-3-8(11(14)15)7-9(10)12/h3-4,7,13H,2,5-6,12H2,1H3,(H,14,15). The molecule has 106 valence electrons. The lowest BCUT2D eigenvalue weighted by Crippen LogP contribution is -2.28. The van der Waals surface area contributed by atoms with Gasteiger partial charge >= 0.3 is 5.97 Å². The van der Waals surface area contributed by atoms with Gasteiger partial charge in [-0.25, -0.2) is 17.9 Å². The highest BCUT2D eigenvalue weighted by Crippen LogP contribution is 2.19. The maximum atomic E-state index is 11.9. The molecule has 0 aliphatic rings. The number of sulfonamides is 1. The summed E-state index contributed by atoms with van der Waals surface area (Å²) < 4.78 is 31.1. The van der Waals surface area contributed by atoms with Gasteiger partial charge in [0.15, 0.2) is 0 Å². The van der Waals surface area contributed by atoms with Crippen LogP contribution in [0.2, 0.25) is 0 Å². The molecule has 19 heavy (non-hydrogen) atoms. The van der Waals surface area contributed by atoms with Crippen LogP contribution in [0.3, 0.4) is 0 Å². The van der Waals surface area contributed by atoms with Crippen molar-refractivity contribution in [1.82, 2.24) is 4.72 Å². The molecule has 0 unspecified atom stereocenters. The number of carboxylic acids is 1. The van der Waals surface area contributed by atoms with Crippen molar-refractivity contribution in [3.63, 3.8) is 0 Å². The fraction of sp³-hybridized carbons (Fsp3) is 0.364. The molecular weight excluding hydrogens is 272 g/mol. The molecule has 4 N–H and O–H groups in total. The van der Waals surface area contributed by atoms with E-state index in [4.69, 9.17) is 15.6 Å². The molecule has 0 spiro atoms. The zero-order valence-electron chi connectivity index (χ0n) is 10.4. The van der Waals surface area contributed by atoms with Gasteiger partial charge in [-0.2, -0.15) is 0 Å². The van der Waals surface area contributed by atoms with Crippen LogP contribution >= 0.6 is 0 Å². The fourth-order valence-electron chi connectivity index (χ4n) is 1.40. The van der Waals surface area contributed by atoms with Crippen LogP contribution in [0, 0.1) is 0 Å². The first-order valence-electron chi connectivity index (χ1n) is 5.58. The molecule has 8 heteroatoms. The quantitative estimate of drug-likeness (QED) is 0.490. The largest absolute Gasteiger partial charge is 0.478 e. The molecule has 0 fully saturated rings. The second-order valence-corrected chi connectivity index (χ2v) is 5.39. The zero-order valence-corrected chi connectivity index (χ0v) is 11.2. The molecule has 0 aromatic heterocycles. The Balaban J connectivity index is 2.87. The number of hydrogen-bond acceptors (Lipinski definition) is 5. The summed E-state index contributed by atoms with van der Waals surface area (Å²) >= 11 is 0. The highest BCUT2D eigenvalue weighted by molar-refractivity contribution is 7.89.